The Bertz CT molecular complexity index is 1840. The molecule has 61 heavy (non-hydrogen) atoms. The van der Waals surface area contributed by atoms with Gasteiger partial charge in [0.25, 0.3) is 0 Å². The van der Waals surface area contributed by atoms with Crippen LogP contribution in [0.3, 0.4) is 0 Å². The van der Waals surface area contributed by atoms with Crippen molar-refractivity contribution in [1.29, 1.82) is 0 Å². The highest BCUT2D eigenvalue weighted by Gasteiger charge is 2.25. The number of carboxylic acid groups (broad SMARTS) is 2. The Hall–Kier alpha value is -4.73. The number of anilines is 2. The Morgan fingerprint density at radius 3 is 2.41 bits per heavy atom. The fourth-order valence-electron chi connectivity index (χ4n) is 6.70. The van der Waals surface area contributed by atoms with Gasteiger partial charge in [0.1, 0.15) is 17.3 Å². The van der Waals surface area contributed by atoms with E-state index in [2.05, 4.69) is 60.5 Å². The number of thioether (sulfide) groups is 1. The molecule has 1 aliphatic rings. The molecule has 2 amide bonds. The first-order valence-corrected chi connectivity index (χ1v) is 22.0. The van der Waals surface area contributed by atoms with Crippen molar-refractivity contribution in [2.24, 2.45) is 5.73 Å². The van der Waals surface area contributed by atoms with Crippen molar-refractivity contribution in [3.8, 4) is 5.75 Å². The molecule has 1 saturated heterocycles. The average Bonchev–Trinajstić information content (AvgIpc) is 3.64. The predicted molar refractivity (Wildman–Crippen MR) is 235 cm³/mol. The second-order valence-electron chi connectivity index (χ2n) is 14.8. The van der Waals surface area contributed by atoms with Gasteiger partial charge in [0, 0.05) is 69.9 Å². The van der Waals surface area contributed by atoms with Crippen molar-refractivity contribution in [3.63, 3.8) is 0 Å². The lowest BCUT2D eigenvalue weighted by Gasteiger charge is -2.35. The highest BCUT2D eigenvalue weighted by atomic mass is 32.2. The Morgan fingerprint density at radius 1 is 0.918 bits per heavy atom. The quantitative estimate of drug-likeness (QED) is 0.0471. The number of nitrogen functional groups attached to an aromatic ring is 1. The fraction of sp³-hybridized carbons (Fsp3) is 0.610. The number of piperazine rings is 1. The van der Waals surface area contributed by atoms with Gasteiger partial charge in [-0.2, -0.15) is 4.98 Å². The standard InChI is InChI=1S/C41H64N10O9S/c1-3-4-5-12-45-38-37-32(47-41(43)48-38)9-15-51(37)27-30-8-7-29(24-33(30)58-2)26-49-16-18-50(19-17-49)35(52)10-20-59-22-23-60-21-14-44-11-6-13-46-39(55)34(25-36(53)54)61-28-31(42)40(56)57/h7-9,15,24,31,34,44H,3-6,10-14,16-23,25-28,42H2,1-2H3,(H,46,55)(H,53,54)(H,56,57)(H3,43,45,47,48)/t31-,34-/m0/s1. The summed E-state index contributed by atoms with van der Waals surface area (Å²) in [4.78, 5) is 60.5. The lowest BCUT2D eigenvalue weighted by Crippen LogP contribution is -2.48. The first-order chi connectivity index (χ1) is 29.5. The molecule has 0 unspecified atom stereocenters. The van der Waals surface area contributed by atoms with E-state index in [-0.39, 0.29) is 17.6 Å². The maximum Gasteiger partial charge on any atom is 0.321 e. The molecule has 2 atom stereocenters. The van der Waals surface area contributed by atoms with Crippen molar-refractivity contribution in [2.45, 2.75) is 69.8 Å². The van der Waals surface area contributed by atoms with Gasteiger partial charge in [-0.05, 0) is 37.1 Å². The number of ether oxygens (including phenoxy) is 3. The van der Waals surface area contributed by atoms with Crippen LogP contribution in [0.5, 0.6) is 5.75 Å². The number of hydrogen-bond acceptors (Lipinski definition) is 15. The van der Waals surface area contributed by atoms with Crippen LogP contribution in [-0.4, -0.2) is 161 Å². The number of unbranched alkanes of at least 4 members (excludes halogenated alkanes) is 2. The van der Waals surface area contributed by atoms with Crippen LogP contribution in [0.1, 0.15) is 56.6 Å². The zero-order chi connectivity index (χ0) is 44.0. The third-order valence-corrected chi connectivity index (χ3v) is 11.4. The number of methoxy groups -OCH3 is 1. The molecule has 2 aromatic heterocycles. The van der Waals surface area contributed by atoms with Crippen LogP contribution < -0.4 is 32.2 Å². The Balaban J connectivity index is 1.05. The van der Waals surface area contributed by atoms with Crippen molar-refractivity contribution in [2.75, 3.05) is 103 Å². The van der Waals surface area contributed by atoms with E-state index < -0.39 is 35.6 Å². The maximum absolute atomic E-state index is 12.9. The van der Waals surface area contributed by atoms with Gasteiger partial charge in [0.05, 0.1) is 63.7 Å². The van der Waals surface area contributed by atoms with Crippen LogP contribution in [0.2, 0.25) is 0 Å². The van der Waals surface area contributed by atoms with E-state index in [9.17, 15) is 19.2 Å². The summed E-state index contributed by atoms with van der Waals surface area (Å²) in [5.74, 6) is -1.01. The normalized spacial score (nSPS) is 14.2. The van der Waals surface area contributed by atoms with Gasteiger partial charge >= 0.3 is 11.9 Å². The molecule has 3 heterocycles. The topological polar surface area (TPSA) is 262 Å². The van der Waals surface area contributed by atoms with Crippen LogP contribution in [0, 0.1) is 0 Å². The van der Waals surface area contributed by atoms with Gasteiger partial charge < -0.3 is 61.3 Å². The van der Waals surface area contributed by atoms with Crippen molar-refractivity contribution in [3.05, 3.63) is 41.6 Å². The Labute approximate surface area is 361 Å². The van der Waals surface area contributed by atoms with Gasteiger partial charge in [-0.1, -0.05) is 31.9 Å². The van der Waals surface area contributed by atoms with E-state index in [1.807, 2.05) is 17.2 Å². The second-order valence-corrected chi connectivity index (χ2v) is 16.0. The van der Waals surface area contributed by atoms with Gasteiger partial charge in [0.2, 0.25) is 17.8 Å². The molecule has 338 valence electrons. The van der Waals surface area contributed by atoms with E-state index in [0.29, 0.717) is 78.5 Å². The summed E-state index contributed by atoms with van der Waals surface area (Å²) in [5.41, 5.74) is 15.4. The lowest BCUT2D eigenvalue weighted by molar-refractivity contribution is -0.138. The molecule has 9 N–H and O–H groups in total. The predicted octanol–water partition coefficient (Wildman–Crippen LogP) is 1.82. The molecule has 0 spiro atoms. The summed E-state index contributed by atoms with van der Waals surface area (Å²) in [6.45, 7) is 10.3. The minimum atomic E-state index is -1.21. The first kappa shape index (κ1) is 48.9. The number of nitrogens with zero attached hydrogens (tertiary/aromatic N) is 5. The third-order valence-electron chi connectivity index (χ3n) is 10.1. The lowest BCUT2D eigenvalue weighted by atomic mass is 10.1. The minimum Gasteiger partial charge on any atom is -0.496 e. The number of carbonyl (C=O) groups is 4. The highest BCUT2D eigenvalue weighted by Crippen LogP contribution is 2.28. The third kappa shape index (κ3) is 16.9. The number of amides is 2. The molecule has 3 aromatic rings. The second kappa shape index (κ2) is 26.6. The molecule has 19 nitrogen and oxygen atoms in total. The monoisotopic (exact) mass is 872 g/mol. The number of carboxylic acids is 2. The van der Waals surface area contributed by atoms with E-state index in [1.165, 1.54) is 0 Å². The number of fused-ring (bicyclic) bond motifs is 1. The first-order valence-electron chi connectivity index (χ1n) is 21.0. The number of aromatic nitrogens is 3. The van der Waals surface area contributed by atoms with E-state index >= 15 is 0 Å². The molecule has 0 saturated carbocycles. The molecule has 0 aliphatic carbocycles. The van der Waals surface area contributed by atoms with Crippen molar-refractivity contribution in [1.82, 2.24) is 35.0 Å². The highest BCUT2D eigenvalue weighted by molar-refractivity contribution is 8.00. The molecule has 1 aromatic carbocycles. The molecule has 4 rings (SSSR count). The maximum atomic E-state index is 12.9. The number of nitrogens with one attached hydrogen (secondary N) is 3. The summed E-state index contributed by atoms with van der Waals surface area (Å²) >= 11 is 0.920. The molecule has 0 bridgehead atoms. The average molecular weight is 873 g/mol. The van der Waals surface area contributed by atoms with Crippen LogP contribution >= 0.6 is 11.8 Å². The summed E-state index contributed by atoms with van der Waals surface area (Å²) in [6.07, 6.45) is 5.84. The van der Waals surface area contributed by atoms with Crippen LogP contribution in [0.25, 0.3) is 11.0 Å². The van der Waals surface area contributed by atoms with E-state index in [1.54, 1.807) is 7.11 Å². The van der Waals surface area contributed by atoms with Crippen molar-refractivity contribution >= 4 is 58.3 Å². The van der Waals surface area contributed by atoms with E-state index in [0.717, 1.165) is 90.9 Å². The number of rotatable bonds is 30. The molecule has 20 heteroatoms. The molecule has 1 aliphatic heterocycles. The number of aliphatic carboxylic acids is 2. The van der Waals surface area contributed by atoms with Gasteiger partial charge in [-0.15, -0.1) is 11.8 Å². The number of nitrogens with two attached hydrogens (primary N) is 2. The number of benzene rings is 1. The van der Waals surface area contributed by atoms with Crippen molar-refractivity contribution < 1.29 is 43.6 Å². The molecule has 1 fully saturated rings. The largest absolute Gasteiger partial charge is 0.496 e. The smallest absolute Gasteiger partial charge is 0.321 e. The van der Waals surface area contributed by atoms with Gasteiger partial charge in [-0.25, -0.2) is 4.98 Å². The van der Waals surface area contributed by atoms with Crippen LogP contribution in [0.15, 0.2) is 30.5 Å². The molecule has 0 radical (unpaired) electrons. The zero-order valence-corrected chi connectivity index (χ0v) is 36.3. The molecular weight excluding hydrogens is 809 g/mol. The Morgan fingerprint density at radius 2 is 1.69 bits per heavy atom. The summed E-state index contributed by atoms with van der Waals surface area (Å²) in [5, 5.41) is 26.4. The fourth-order valence-corrected chi connectivity index (χ4v) is 7.78. The van der Waals surface area contributed by atoms with E-state index in [4.69, 9.17) is 35.9 Å². The summed E-state index contributed by atoms with van der Waals surface area (Å²) < 4.78 is 19.2. The number of carbonyl (C=O) groups excluding carboxylic acids is 2. The summed E-state index contributed by atoms with van der Waals surface area (Å²) in [7, 11) is 1.69. The van der Waals surface area contributed by atoms with Crippen LogP contribution in [0.4, 0.5) is 11.8 Å². The number of hydrogen-bond donors (Lipinski definition) is 7. The van der Waals surface area contributed by atoms with Crippen LogP contribution in [-0.2, 0) is 41.7 Å². The minimum absolute atomic E-state index is 0.0679. The Kier molecular flexibility index (Phi) is 21.3. The van der Waals surface area contributed by atoms with Gasteiger partial charge in [0.15, 0.2) is 5.82 Å². The zero-order valence-electron chi connectivity index (χ0n) is 35.4. The summed E-state index contributed by atoms with van der Waals surface area (Å²) in [6, 6.07) is 7.12. The van der Waals surface area contributed by atoms with Gasteiger partial charge in [-0.3, -0.25) is 24.1 Å². The SMILES string of the molecule is CCCCCNc1nc(N)nc2ccn(Cc3ccc(CN4CCN(C(=O)CCOCCOCCNCCCNC(=O)[C@H](CC(=O)O)SC[C@H](N)C(=O)O)CC4)cc3OC)c12. The molecular formula is C41H64N10O9S.